The van der Waals surface area contributed by atoms with Crippen molar-refractivity contribution in [2.75, 3.05) is 34.7 Å². The molecule has 0 aliphatic rings. The van der Waals surface area contributed by atoms with Crippen LogP contribution in [0.1, 0.15) is 12.5 Å². The highest BCUT2D eigenvalue weighted by atomic mass is 32.3. The first-order chi connectivity index (χ1) is 16.0. The molecule has 0 saturated carbocycles. The minimum absolute atomic E-state index is 0.0220. The fourth-order valence-corrected chi connectivity index (χ4v) is 3.87. The van der Waals surface area contributed by atoms with E-state index in [0.717, 1.165) is 16.5 Å². The predicted molar refractivity (Wildman–Crippen MR) is 132 cm³/mol. The van der Waals surface area contributed by atoms with E-state index in [-0.39, 0.29) is 29.6 Å². The number of anilines is 3. The number of carbonyl (C=O) groups excluding carboxylic acids is 2. The zero-order chi connectivity index (χ0) is 24.9. The minimum atomic E-state index is -1.12. The van der Waals surface area contributed by atoms with Crippen LogP contribution in [0.15, 0.2) is 59.6 Å². The first-order valence-electron chi connectivity index (χ1n) is 10.2. The second-order valence-electron chi connectivity index (χ2n) is 8.22. The van der Waals surface area contributed by atoms with Crippen molar-refractivity contribution in [1.82, 2.24) is 4.98 Å². The third kappa shape index (κ3) is 6.92. The van der Waals surface area contributed by atoms with Gasteiger partial charge >= 0.3 is 6.03 Å². The molecule has 34 heavy (non-hydrogen) atoms. The summed E-state index contributed by atoms with van der Waals surface area (Å²) < 4.78 is 34.3. The lowest BCUT2D eigenvalue weighted by Gasteiger charge is -2.26. The van der Waals surface area contributed by atoms with Crippen molar-refractivity contribution in [2.45, 2.75) is 18.4 Å². The molecule has 3 rings (SSSR count). The zero-order valence-electron chi connectivity index (χ0n) is 19.2. The molecule has 0 radical (unpaired) electrons. The molecule has 180 valence electrons. The molecule has 0 saturated heterocycles. The third-order valence-corrected chi connectivity index (χ3v) is 6.28. The Morgan fingerprint density at radius 2 is 1.65 bits per heavy atom. The van der Waals surface area contributed by atoms with Crippen LogP contribution in [0.3, 0.4) is 0 Å². The summed E-state index contributed by atoms with van der Waals surface area (Å²) in [4.78, 5) is 28.4. The molecule has 3 N–H and O–H groups in total. The number of ether oxygens (including phenoxy) is 1. The smallest absolute Gasteiger partial charge is 0.323 e. The molecule has 0 aliphatic carbocycles. The summed E-state index contributed by atoms with van der Waals surface area (Å²) in [5.41, 5.74) is 0.663. The monoisotopic (exact) mass is 488 g/mol. The van der Waals surface area contributed by atoms with Gasteiger partial charge in [0.15, 0.2) is 0 Å². The van der Waals surface area contributed by atoms with Gasteiger partial charge in [-0.2, -0.15) is 0 Å². The summed E-state index contributed by atoms with van der Waals surface area (Å²) in [5.74, 6) is -0.908. The average molecular weight is 489 g/mol. The fourth-order valence-electron chi connectivity index (χ4n) is 2.92. The Balaban J connectivity index is 1.62. The Morgan fingerprint density at radius 3 is 2.32 bits per heavy atom. The number of halogens is 2. The van der Waals surface area contributed by atoms with Gasteiger partial charge in [-0.25, -0.2) is 28.6 Å². The van der Waals surface area contributed by atoms with Gasteiger partial charge in [-0.1, -0.05) is 0 Å². The van der Waals surface area contributed by atoms with Crippen LogP contribution in [0.5, 0.6) is 5.75 Å². The van der Waals surface area contributed by atoms with Gasteiger partial charge in [0.05, 0.1) is 11.4 Å². The highest BCUT2D eigenvalue weighted by molar-refractivity contribution is 8.32. The maximum absolute atomic E-state index is 14.5. The molecule has 1 heterocycles. The highest BCUT2D eigenvalue weighted by Crippen LogP contribution is 2.46. The van der Waals surface area contributed by atoms with E-state index in [1.165, 1.54) is 31.3 Å². The Kier molecular flexibility index (Phi) is 7.72. The first kappa shape index (κ1) is 25.0. The number of urea groups is 1. The summed E-state index contributed by atoms with van der Waals surface area (Å²) in [6.45, 7) is 1.50. The molecule has 7 nitrogen and oxygen atoms in total. The normalized spacial score (nSPS) is 11.5. The molecule has 3 aromatic rings. The largest absolute Gasteiger partial charge is 0.489 e. The number of aromatic nitrogens is 1. The lowest BCUT2D eigenvalue weighted by Crippen LogP contribution is -2.21. The maximum Gasteiger partial charge on any atom is 0.323 e. The van der Waals surface area contributed by atoms with E-state index >= 15 is 0 Å². The van der Waals surface area contributed by atoms with Gasteiger partial charge in [0, 0.05) is 19.2 Å². The van der Waals surface area contributed by atoms with Gasteiger partial charge in [0.2, 0.25) is 5.91 Å². The Labute approximate surface area is 198 Å². The van der Waals surface area contributed by atoms with E-state index < -0.39 is 27.7 Å². The molecule has 0 bridgehead atoms. The molecular weight excluding hydrogens is 462 g/mol. The van der Waals surface area contributed by atoms with Crippen LogP contribution in [-0.2, 0) is 11.4 Å². The zero-order valence-corrected chi connectivity index (χ0v) is 20.1. The number of nitrogens with zero attached hydrogens (tertiary/aromatic N) is 1. The molecule has 0 aliphatic heterocycles. The van der Waals surface area contributed by atoms with Crippen LogP contribution in [-0.4, -0.2) is 35.7 Å². The topological polar surface area (TPSA) is 92.4 Å². The Morgan fingerprint density at radius 1 is 0.912 bits per heavy atom. The number of rotatable bonds is 7. The summed E-state index contributed by atoms with van der Waals surface area (Å²) in [7, 11) is -1.12. The molecule has 3 amide bonds. The van der Waals surface area contributed by atoms with E-state index in [9.17, 15) is 18.4 Å². The van der Waals surface area contributed by atoms with Gasteiger partial charge in [-0.05, 0) is 71.7 Å². The SMILES string of the molecule is CC(=O)Nc1cc(COc2ccc(NC(=O)Nc3cc(S(C)(C)C)ccc3F)c(F)c2)ccn1. The van der Waals surface area contributed by atoms with Gasteiger partial charge in [-0.3, -0.25) is 4.79 Å². The van der Waals surface area contributed by atoms with Crippen molar-refractivity contribution in [1.29, 1.82) is 0 Å². The van der Waals surface area contributed by atoms with Crippen LogP contribution < -0.4 is 20.7 Å². The number of benzene rings is 2. The predicted octanol–water partition coefficient (Wildman–Crippen LogP) is 5.59. The van der Waals surface area contributed by atoms with E-state index in [2.05, 4.69) is 39.7 Å². The molecule has 0 atom stereocenters. The average Bonchev–Trinajstić information content (AvgIpc) is 2.74. The van der Waals surface area contributed by atoms with Gasteiger partial charge in [0.25, 0.3) is 0 Å². The molecule has 2 aromatic carbocycles. The third-order valence-electron chi connectivity index (χ3n) is 4.62. The highest BCUT2D eigenvalue weighted by Gasteiger charge is 2.14. The molecule has 10 heteroatoms. The van der Waals surface area contributed by atoms with Crippen molar-refractivity contribution in [2.24, 2.45) is 0 Å². The van der Waals surface area contributed by atoms with Crippen LogP contribution in [0, 0.1) is 11.6 Å². The summed E-state index contributed by atoms with van der Waals surface area (Å²) in [6, 6.07) is 11.2. The number of pyridine rings is 1. The van der Waals surface area contributed by atoms with Crippen LogP contribution in [0.2, 0.25) is 0 Å². The Bertz CT molecular complexity index is 1220. The molecule has 1 aromatic heterocycles. The maximum atomic E-state index is 14.5. The second-order valence-corrected chi connectivity index (χ2v) is 12.4. The van der Waals surface area contributed by atoms with Crippen LogP contribution in [0.25, 0.3) is 0 Å². The molecule has 0 unspecified atom stereocenters. The summed E-state index contributed by atoms with van der Waals surface area (Å²) >= 11 is 0. The first-order valence-corrected chi connectivity index (χ1v) is 13.1. The van der Waals surface area contributed by atoms with Gasteiger partial charge in [0.1, 0.15) is 29.8 Å². The molecule has 0 fully saturated rings. The number of nitrogens with one attached hydrogen (secondary N) is 3. The van der Waals surface area contributed by atoms with Crippen molar-refractivity contribution in [3.63, 3.8) is 0 Å². The van der Waals surface area contributed by atoms with E-state index in [4.69, 9.17) is 4.74 Å². The number of amides is 3. The summed E-state index contributed by atoms with van der Waals surface area (Å²) in [6.07, 6.45) is 7.69. The number of hydrogen-bond acceptors (Lipinski definition) is 4. The Hall–Kier alpha value is -3.66. The van der Waals surface area contributed by atoms with Gasteiger partial charge < -0.3 is 20.7 Å². The fraction of sp³-hybridized carbons (Fsp3) is 0.208. The van der Waals surface area contributed by atoms with Crippen molar-refractivity contribution < 1.29 is 23.1 Å². The second kappa shape index (κ2) is 10.5. The lowest BCUT2D eigenvalue weighted by molar-refractivity contribution is -0.114. The number of carbonyl (C=O) groups is 2. The standard InChI is InChI=1S/C24H26F2N4O3S/c1-15(31)28-23-11-16(9-10-27-23)14-33-17-5-8-21(20(26)12-17)29-24(32)30-22-13-18(34(2,3)4)6-7-19(22)25/h5-13H,14H2,1-4H3,(H,27,28,31)(H2,29,30,32). The van der Waals surface area contributed by atoms with Crippen molar-refractivity contribution in [3.8, 4) is 5.75 Å². The molecular formula is C24H26F2N4O3S. The van der Waals surface area contributed by atoms with Gasteiger partial charge in [-0.15, -0.1) is 0 Å². The quantitative estimate of drug-likeness (QED) is 0.404. The number of hydrogen-bond donors (Lipinski definition) is 3. The van der Waals surface area contributed by atoms with E-state index in [1.54, 1.807) is 24.3 Å². The minimum Gasteiger partial charge on any atom is -0.489 e. The van der Waals surface area contributed by atoms with E-state index in [0.29, 0.717) is 5.82 Å². The van der Waals surface area contributed by atoms with E-state index in [1.807, 2.05) is 0 Å². The van der Waals surface area contributed by atoms with Crippen LogP contribution >= 0.6 is 10.0 Å². The lowest BCUT2D eigenvalue weighted by atomic mass is 10.2. The molecule has 0 spiro atoms. The summed E-state index contributed by atoms with van der Waals surface area (Å²) in [5, 5.41) is 7.39. The van der Waals surface area contributed by atoms with Crippen molar-refractivity contribution >= 4 is 39.2 Å². The van der Waals surface area contributed by atoms with Crippen molar-refractivity contribution in [3.05, 3.63) is 71.9 Å². The van der Waals surface area contributed by atoms with Crippen LogP contribution in [0.4, 0.5) is 30.8 Å².